The molecular weight excluding hydrogens is 296 g/mol. The van der Waals surface area contributed by atoms with Gasteiger partial charge in [0.1, 0.15) is 17.3 Å². The highest BCUT2D eigenvalue weighted by Gasteiger charge is 2.12. The molecule has 2 rings (SSSR count). The summed E-state index contributed by atoms with van der Waals surface area (Å²) in [4.78, 5) is 8.45. The normalized spacial score (nSPS) is 12.2. The summed E-state index contributed by atoms with van der Waals surface area (Å²) in [6.45, 7) is 3.95. The Morgan fingerprint density at radius 2 is 2.17 bits per heavy atom. The molecule has 2 aromatic heterocycles. The Labute approximate surface area is 114 Å². The van der Waals surface area contributed by atoms with Crippen LogP contribution in [0.25, 0.3) is 0 Å². The number of rotatable bonds is 4. The number of nitrogens with one attached hydrogen (secondary N) is 2. The zero-order chi connectivity index (χ0) is 13.1. The van der Waals surface area contributed by atoms with E-state index >= 15 is 0 Å². The molecule has 0 amide bonds. The van der Waals surface area contributed by atoms with Gasteiger partial charge >= 0.3 is 0 Å². The van der Waals surface area contributed by atoms with Crippen molar-refractivity contribution in [3.05, 3.63) is 34.3 Å². The van der Waals surface area contributed by atoms with Gasteiger partial charge in [0.25, 0.3) is 0 Å². The van der Waals surface area contributed by atoms with E-state index in [-0.39, 0.29) is 6.04 Å². The van der Waals surface area contributed by atoms with Gasteiger partial charge < -0.3 is 15.1 Å². The average molecular weight is 311 g/mol. The van der Waals surface area contributed by atoms with E-state index < -0.39 is 0 Å². The molecule has 0 spiro atoms. The van der Waals surface area contributed by atoms with E-state index in [2.05, 4.69) is 36.5 Å². The molecule has 0 aliphatic rings. The van der Waals surface area contributed by atoms with Crippen molar-refractivity contribution >= 4 is 27.7 Å². The Bertz CT molecular complexity index is 541. The molecule has 0 radical (unpaired) electrons. The van der Waals surface area contributed by atoms with Crippen LogP contribution in [0, 0.1) is 6.92 Å². The maximum Gasteiger partial charge on any atom is 0.224 e. The van der Waals surface area contributed by atoms with Crippen LogP contribution < -0.4 is 10.6 Å². The zero-order valence-corrected chi connectivity index (χ0v) is 12.1. The standard InChI is InChI=1S/C12H15BrN4O/c1-7-4-5-10(18-7)8(2)16-11-9(13)6-15-12(14-3)17-11/h4-6,8H,1-3H3,(H2,14,15,16,17). The second-order valence-corrected chi connectivity index (χ2v) is 4.81. The molecule has 18 heavy (non-hydrogen) atoms. The number of aromatic nitrogens is 2. The van der Waals surface area contributed by atoms with Crippen molar-refractivity contribution in [2.45, 2.75) is 19.9 Å². The minimum Gasteiger partial charge on any atom is -0.464 e. The predicted octanol–water partition coefficient (Wildman–Crippen LogP) is 3.36. The number of nitrogens with zero attached hydrogens (tertiary/aromatic N) is 2. The Morgan fingerprint density at radius 1 is 1.39 bits per heavy atom. The monoisotopic (exact) mass is 310 g/mol. The molecule has 1 atom stereocenters. The first-order chi connectivity index (χ1) is 8.60. The number of halogens is 1. The molecule has 2 heterocycles. The molecule has 1 unspecified atom stereocenters. The largest absolute Gasteiger partial charge is 0.464 e. The first kappa shape index (κ1) is 12.9. The van der Waals surface area contributed by atoms with Crippen molar-refractivity contribution in [3.63, 3.8) is 0 Å². The summed E-state index contributed by atoms with van der Waals surface area (Å²) in [6.07, 6.45) is 1.71. The van der Waals surface area contributed by atoms with Gasteiger partial charge in [-0.2, -0.15) is 4.98 Å². The van der Waals surface area contributed by atoms with Gasteiger partial charge in [-0.05, 0) is 41.9 Å². The molecule has 0 fully saturated rings. The minimum absolute atomic E-state index is 0.0367. The van der Waals surface area contributed by atoms with Crippen LogP contribution in [0.4, 0.5) is 11.8 Å². The lowest BCUT2D eigenvalue weighted by atomic mass is 10.2. The van der Waals surface area contributed by atoms with Gasteiger partial charge in [-0.1, -0.05) is 0 Å². The fraction of sp³-hybridized carbons (Fsp3) is 0.333. The molecular formula is C12H15BrN4O. The minimum atomic E-state index is 0.0367. The summed E-state index contributed by atoms with van der Waals surface area (Å²) >= 11 is 3.42. The second kappa shape index (κ2) is 5.39. The van der Waals surface area contributed by atoms with Crippen LogP contribution in [0.3, 0.4) is 0 Å². The fourth-order valence-corrected chi connectivity index (χ4v) is 1.86. The van der Waals surface area contributed by atoms with Gasteiger partial charge in [0.2, 0.25) is 5.95 Å². The van der Waals surface area contributed by atoms with E-state index in [0.717, 1.165) is 21.8 Å². The molecule has 0 aliphatic carbocycles. The van der Waals surface area contributed by atoms with Crippen LogP contribution in [-0.4, -0.2) is 17.0 Å². The first-order valence-electron chi connectivity index (χ1n) is 5.63. The average Bonchev–Trinajstić information content (AvgIpc) is 2.79. The Hall–Kier alpha value is -1.56. The lowest BCUT2D eigenvalue weighted by Gasteiger charge is -2.13. The van der Waals surface area contributed by atoms with Crippen LogP contribution in [0.5, 0.6) is 0 Å². The lowest BCUT2D eigenvalue weighted by molar-refractivity contribution is 0.466. The van der Waals surface area contributed by atoms with Gasteiger partial charge in [-0.3, -0.25) is 0 Å². The summed E-state index contributed by atoms with van der Waals surface area (Å²) in [5, 5.41) is 6.19. The van der Waals surface area contributed by atoms with Crippen molar-refractivity contribution in [2.75, 3.05) is 17.7 Å². The quantitative estimate of drug-likeness (QED) is 0.906. The van der Waals surface area contributed by atoms with Gasteiger partial charge in [0.15, 0.2) is 0 Å². The zero-order valence-electron chi connectivity index (χ0n) is 10.5. The molecule has 0 aliphatic heterocycles. The lowest BCUT2D eigenvalue weighted by Crippen LogP contribution is -2.09. The maximum atomic E-state index is 5.58. The van der Waals surface area contributed by atoms with E-state index in [1.165, 1.54) is 0 Å². The van der Waals surface area contributed by atoms with Gasteiger partial charge in [-0.25, -0.2) is 4.98 Å². The Morgan fingerprint density at radius 3 is 2.78 bits per heavy atom. The Kier molecular flexibility index (Phi) is 3.86. The summed E-state index contributed by atoms with van der Waals surface area (Å²) in [5.74, 6) is 3.08. The molecule has 0 aromatic carbocycles. The first-order valence-corrected chi connectivity index (χ1v) is 6.42. The highest BCUT2D eigenvalue weighted by atomic mass is 79.9. The third-order valence-corrected chi connectivity index (χ3v) is 3.09. The number of anilines is 2. The highest BCUT2D eigenvalue weighted by Crippen LogP contribution is 2.25. The van der Waals surface area contributed by atoms with E-state index in [1.807, 2.05) is 26.0 Å². The fourth-order valence-electron chi connectivity index (χ4n) is 1.55. The molecule has 96 valence electrons. The maximum absolute atomic E-state index is 5.58. The SMILES string of the molecule is CNc1ncc(Br)c(NC(C)c2ccc(C)o2)n1. The van der Waals surface area contributed by atoms with Crippen LogP contribution in [-0.2, 0) is 0 Å². The molecule has 0 saturated heterocycles. The number of aryl methyl sites for hydroxylation is 1. The molecule has 2 N–H and O–H groups in total. The summed E-state index contributed by atoms with van der Waals surface area (Å²) in [6, 6.07) is 3.94. The smallest absolute Gasteiger partial charge is 0.224 e. The Balaban J connectivity index is 2.18. The predicted molar refractivity (Wildman–Crippen MR) is 74.8 cm³/mol. The summed E-state index contributed by atoms with van der Waals surface area (Å²) < 4.78 is 6.39. The van der Waals surface area contributed by atoms with Crippen molar-refractivity contribution in [3.8, 4) is 0 Å². The number of hydrogen-bond donors (Lipinski definition) is 2. The summed E-state index contributed by atoms with van der Waals surface area (Å²) in [7, 11) is 1.78. The van der Waals surface area contributed by atoms with Crippen molar-refractivity contribution in [1.29, 1.82) is 0 Å². The van der Waals surface area contributed by atoms with Crippen molar-refractivity contribution < 1.29 is 4.42 Å². The van der Waals surface area contributed by atoms with Crippen LogP contribution in [0.15, 0.2) is 27.2 Å². The van der Waals surface area contributed by atoms with E-state index in [4.69, 9.17) is 4.42 Å². The highest BCUT2D eigenvalue weighted by molar-refractivity contribution is 9.10. The molecule has 5 nitrogen and oxygen atoms in total. The molecule has 0 bridgehead atoms. The number of hydrogen-bond acceptors (Lipinski definition) is 5. The van der Waals surface area contributed by atoms with Crippen LogP contribution in [0.2, 0.25) is 0 Å². The topological polar surface area (TPSA) is 63.0 Å². The van der Waals surface area contributed by atoms with E-state index in [0.29, 0.717) is 5.95 Å². The van der Waals surface area contributed by atoms with Crippen molar-refractivity contribution in [1.82, 2.24) is 9.97 Å². The van der Waals surface area contributed by atoms with Crippen molar-refractivity contribution in [2.24, 2.45) is 0 Å². The molecule has 2 aromatic rings. The third kappa shape index (κ3) is 2.81. The van der Waals surface area contributed by atoms with Gasteiger partial charge in [0, 0.05) is 13.2 Å². The molecule has 0 saturated carbocycles. The third-order valence-electron chi connectivity index (χ3n) is 2.51. The number of furan rings is 1. The van der Waals surface area contributed by atoms with E-state index in [9.17, 15) is 0 Å². The van der Waals surface area contributed by atoms with Crippen LogP contribution >= 0.6 is 15.9 Å². The van der Waals surface area contributed by atoms with Crippen LogP contribution in [0.1, 0.15) is 24.5 Å². The summed E-state index contributed by atoms with van der Waals surface area (Å²) in [5.41, 5.74) is 0. The second-order valence-electron chi connectivity index (χ2n) is 3.95. The van der Waals surface area contributed by atoms with E-state index in [1.54, 1.807) is 13.2 Å². The molecule has 6 heteroatoms. The van der Waals surface area contributed by atoms with Gasteiger partial charge in [-0.15, -0.1) is 0 Å². The van der Waals surface area contributed by atoms with Gasteiger partial charge in [0.05, 0.1) is 10.5 Å².